The van der Waals surface area contributed by atoms with E-state index in [0.717, 1.165) is 79.2 Å². The maximum Gasteiger partial charge on any atom is 0.308 e. The van der Waals surface area contributed by atoms with Gasteiger partial charge in [0, 0.05) is 58.4 Å². The Bertz CT molecular complexity index is 1410. The number of benzene rings is 2. The van der Waals surface area contributed by atoms with Crippen LogP contribution in [0.3, 0.4) is 0 Å². The molecule has 0 atom stereocenters. The summed E-state index contributed by atoms with van der Waals surface area (Å²) in [6.07, 6.45) is 7.64. The number of unbranched alkanes of at least 4 members (excludes halogenated alkanes) is 5. The first-order chi connectivity index (χ1) is 20.6. The van der Waals surface area contributed by atoms with Crippen molar-refractivity contribution in [3.63, 3.8) is 0 Å². The lowest BCUT2D eigenvalue weighted by molar-refractivity contribution is -0.132. The third kappa shape index (κ3) is 9.98. The van der Waals surface area contributed by atoms with Crippen molar-refractivity contribution in [3.8, 4) is 22.8 Å². The Hall–Kier alpha value is -4.14. The molecule has 0 unspecified atom stereocenters. The highest BCUT2D eigenvalue weighted by Gasteiger charge is 2.20. The number of nitrogens with zero attached hydrogens (tertiary/aromatic N) is 2. The molecule has 43 heavy (non-hydrogen) atoms. The standard InChI is InChI=1S/C34H45N3O6/c1-6-7-21-36(4)33(41)13-11-9-8-10-12-20-35-32(40)23-30-29-22-28(43-25(3)39)18-19-31(29)37(5)34(30)26-14-16-27(17-15-26)42-24(2)38/h14-19,22H,6-13,20-21,23H2,1-5H3,(H,35,40). The Morgan fingerprint density at radius 2 is 1.47 bits per heavy atom. The van der Waals surface area contributed by atoms with Crippen molar-refractivity contribution in [3.05, 3.63) is 48.0 Å². The summed E-state index contributed by atoms with van der Waals surface area (Å²) in [6, 6.07) is 12.6. The van der Waals surface area contributed by atoms with Crippen molar-refractivity contribution < 1.29 is 28.7 Å². The molecule has 0 aliphatic heterocycles. The van der Waals surface area contributed by atoms with Gasteiger partial charge in [0.2, 0.25) is 11.8 Å². The zero-order valence-electron chi connectivity index (χ0n) is 26.2. The van der Waals surface area contributed by atoms with E-state index >= 15 is 0 Å². The first-order valence-corrected chi connectivity index (χ1v) is 15.2. The molecule has 1 aromatic heterocycles. The number of rotatable bonds is 16. The smallest absolute Gasteiger partial charge is 0.308 e. The third-order valence-electron chi connectivity index (χ3n) is 7.43. The highest BCUT2D eigenvalue weighted by Crippen LogP contribution is 2.36. The molecule has 0 saturated carbocycles. The molecule has 0 fully saturated rings. The minimum absolute atomic E-state index is 0.0936. The van der Waals surface area contributed by atoms with Crippen molar-refractivity contribution in [2.45, 2.75) is 78.6 Å². The van der Waals surface area contributed by atoms with E-state index in [1.54, 1.807) is 24.3 Å². The fourth-order valence-corrected chi connectivity index (χ4v) is 5.22. The van der Waals surface area contributed by atoms with Gasteiger partial charge in [-0.2, -0.15) is 0 Å². The van der Waals surface area contributed by atoms with Crippen LogP contribution in [0.1, 0.15) is 77.7 Å². The number of fused-ring (bicyclic) bond motifs is 1. The van der Waals surface area contributed by atoms with Gasteiger partial charge in [0.25, 0.3) is 0 Å². The molecule has 2 amide bonds. The maximum atomic E-state index is 13.1. The molecule has 3 aromatic rings. The van der Waals surface area contributed by atoms with Crippen LogP contribution in [0.15, 0.2) is 42.5 Å². The van der Waals surface area contributed by atoms with E-state index in [1.165, 1.54) is 13.8 Å². The van der Waals surface area contributed by atoms with Crippen LogP contribution in [0.5, 0.6) is 11.5 Å². The Labute approximate surface area is 254 Å². The normalized spacial score (nSPS) is 10.9. The molecule has 1 N–H and O–H groups in total. The minimum atomic E-state index is -0.415. The molecule has 232 valence electrons. The van der Waals surface area contributed by atoms with Crippen molar-refractivity contribution in [2.75, 3.05) is 20.1 Å². The number of amides is 2. The number of ether oxygens (including phenoxy) is 2. The van der Waals surface area contributed by atoms with E-state index in [1.807, 2.05) is 41.8 Å². The second kappa shape index (κ2) is 16.5. The Morgan fingerprint density at radius 1 is 0.837 bits per heavy atom. The van der Waals surface area contributed by atoms with Gasteiger partial charge in [-0.05, 0) is 72.9 Å². The molecule has 0 saturated heterocycles. The van der Waals surface area contributed by atoms with Gasteiger partial charge in [-0.15, -0.1) is 0 Å². The Kier molecular flexibility index (Phi) is 12.8. The van der Waals surface area contributed by atoms with Gasteiger partial charge in [0.05, 0.1) is 12.1 Å². The predicted molar refractivity (Wildman–Crippen MR) is 168 cm³/mol. The monoisotopic (exact) mass is 591 g/mol. The largest absolute Gasteiger partial charge is 0.427 e. The van der Waals surface area contributed by atoms with Crippen molar-refractivity contribution in [1.82, 2.24) is 14.8 Å². The van der Waals surface area contributed by atoms with E-state index in [-0.39, 0.29) is 18.2 Å². The molecule has 1 heterocycles. The van der Waals surface area contributed by atoms with Crippen molar-refractivity contribution >= 4 is 34.7 Å². The Morgan fingerprint density at radius 3 is 2.14 bits per heavy atom. The second-order valence-corrected chi connectivity index (χ2v) is 11.0. The molecule has 9 nitrogen and oxygen atoms in total. The zero-order chi connectivity index (χ0) is 31.4. The average molecular weight is 592 g/mol. The van der Waals surface area contributed by atoms with Crippen LogP contribution in [0, 0.1) is 0 Å². The molecule has 0 radical (unpaired) electrons. The average Bonchev–Trinajstić information content (AvgIpc) is 3.22. The minimum Gasteiger partial charge on any atom is -0.427 e. The Balaban J connectivity index is 1.62. The number of esters is 2. The number of hydrogen-bond donors (Lipinski definition) is 1. The van der Waals surface area contributed by atoms with Crippen LogP contribution in [0.2, 0.25) is 0 Å². The summed E-state index contributed by atoms with van der Waals surface area (Å²) in [6.45, 7) is 6.23. The highest BCUT2D eigenvalue weighted by atomic mass is 16.5. The van der Waals surface area contributed by atoms with Gasteiger partial charge in [0.1, 0.15) is 11.5 Å². The van der Waals surface area contributed by atoms with Crippen molar-refractivity contribution in [2.24, 2.45) is 7.05 Å². The predicted octanol–water partition coefficient (Wildman–Crippen LogP) is 5.95. The van der Waals surface area contributed by atoms with Gasteiger partial charge in [-0.25, -0.2) is 0 Å². The molecular weight excluding hydrogens is 546 g/mol. The van der Waals surface area contributed by atoms with Gasteiger partial charge >= 0.3 is 11.9 Å². The van der Waals surface area contributed by atoms with Crippen molar-refractivity contribution in [1.29, 1.82) is 0 Å². The number of carbonyl (C=O) groups is 4. The summed E-state index contributed by atoms with van der Waals surface area (Å²) < 4.78 is 12.5. The summed E-state index contributed by atoms with van der Waals surface area (Å²) in [5.74, 6) is 0.170. The molecule has 2 aromatic carbocycles. The molecule has 9 heteroatoms. The third-order valence-corrected chi connectivity index (χ3v) is 7.43. The second-order valence-electron chi connectivity index (χ2n) is 11.0. The van der Waals surface area contributed by atoms with Crippen LogP contribution < -0.4 is 14.8 Å². The van der Waals surface area contributed by atoms with Gasteiger partial charge in [-0.1, -0.05) is 32.6 Å². The number of carbonyl (C=O) groups excluding carboxylic acids is 4. The van der Waals surface area contributed by atoms with Gasteiger partial charge in [0.15, 0.2) is 0 Å². The van der Waals surface area contributed by atoms with E-state index in [0.29, 0.717) is 24.5 Å². The molecule has 0 bridgehead atoms. The lowest BCUT2D eigenvalue weighted by atomic mass is 10.0. The number of nitrogens with one attached hydrogen (secondary N) is 1. The van der Waals surface area contributed by atoms with Crippen LogP contribution >= 0.6 is 0 Å². The highest BCUT2D eigenvalue weighted by molar-refractivity contribution is 5.97. The summed E-state index contributed by atoms with van der Waals surface area (Å²) in [7, 11) is 3.81. The van der Waals surface area contributed by atoms with Gasteiger partial charge < -0.3 is 24.3 Å². The molecule has 0 aliphatic carbocycles. The van der Waals surface area contributed by atoms with Crippen LogP contribution in [0.4, 0.5) is 0 Å². The SMILES string of the molecule is CCCCN(C)C(=O)CCCCCCCNC(=O)Cc1c(-c2ccc(OC(C)=O)cc2)n(C)c2ccc(OC(C)=O)cc12. The number of aryl methyl sites for hydroxylation is 1. The summed E-state index contributed by atoms with van der Waals surface area (Å²) in [5.41, 5.74) is 3.43. The van der Waals surface area contributed by atoms with E-state index in [9.17, 15) is 19.2 Å². The quantitative estimate of drug-likeness (QED) is 0.125. The summed E-state index contributed by atoms with van der Waals surface area (Å²) in [4.78, 5) is 50.1. The first kappa shape index (κ1) is 33.4. The topological polar surface area (TPSA) is 107 Å². The van der Waals surface area contributed by atoms with E-state index in [2.05, 4.69) is 12.2 Å². The fourth-order valence-electron chi connectivity index (χ4n) is 5.22. The number of aromatic nitrogens is 1. The van der Waals surface area contributed by atoms with Gasteiger partial charge in [-0.3, -0.25) is 19.2 Å². The van der Waals surface area contributed by atoms with Crippen LogP contribution in [-0.4, -0.2) is 53.4 Å². The van der Waals surface area contributed by atoms with Crippen LogP contribution in [-0.2, 0) is 32.6 Å². The lowest BCUT2D eigenvalue weighted by Crippen LogP contribution is -2.27. The molecule has 0 spiro atoms. The maximum absolute atomic E-state index is 13.1. The molecule has 3 rings (SSSR count). The van der Waals surface area contributed by atoms with E-state index < -0.39 is 11.9 Å². The van der Waals surface area contributed by atoms with E-state index in [4.69, 9.17) is 9.47 Å². The molecule has 0 aliphatic rings. The number of hydrogen-bond acceptors (Lipinski definition) is 6. The fraction of sp³-hybridized carbons (Fsp3) is 0.471. The van der Waals surface area contributed by atoms with Crippen LogP contribution in [0.25, 0.3) is 22.2 Å². The first-order valence-electron chi connectivity index (χ1n) is 15.2. The summed E-state index contributed by atoms with van der Waals surface area (Å²) in [5, 5.41) is 3.88. The lowest BCUT2D eigenvalue weighted by Gasteiger charge is -2.16. The molecular formula is C34H45N3O6. The summed E-state index contributed by atoms with van der Waals surface area (Å²) >= 11 is 0. The zero-order valence-corrected chi connectivity index (χ0v) is 26.2.